The van der Waals surface area contributed by atoms with Crippen LogP contribution in [0.4, 0.5) is 0 Å². The molecule has 0 aromatic heterocycles. The van der Waals surface area contributed by atoms with Gasteiger partial charge in [-0.3, -0.25) is 4.99 Å². The first kappa shape index (κ1) is 20.6. The first-order chi connectivity index (χ1) is 12.3. The standard InChI is InChI=1S/C20H36N4O.HI/c1-3-11-24-12-6-15(7-13-24)22-19(21-2)23-17-16-8-14-25-18(16)20(17)9-4-5-10-20;/h15-18H,3-14H2,1-2H3,(H2,21,22,23);1H. The number of aliphatic imine (C=N–C) groups is 1. The summed E-state index contributed by atoms with van der Waals surface area (Å²) in [5.74, 6) is 1.72. The predicted octanol–water partition coefficient (Wildman–Crippen LogP) is 2.99. The average molecular weight is 476 g/mol. The van der Waals surface area contributed by atoms with Gasteiger partial charge in [0.2, 0.25) is 0 Å². The fourth-order valence-electron chi connectivity index (χ4n) is 6.03. The molecule has 0 radical (unpaired) electrons. The van der Waals surface area contributed by atoms with Gasteiger partial charge in [0, 0.05) is 50.2 Å². The maximum absolute atomic E-state index is 6.11. The minimum atomic E-state index is 0. The molecule has 4 aliphatic rings. The second-order valence-electron chi connectivity index (χ2n) is 8.64. The summed E-state index contributed by atoms with van der Waals surface area (Å²) in [5, 5.41) is 7.56. The van der Waals surface area contributed by atoms with Crippen LogP contribution in [0, 0.1) is 11.3 Å². The van der Waals surface area contributed by atoms with Crippen LogP contribution >= 0.6 is 24.0 Å². The molecule has 0 amide bonds. The number of guanidine groups is 1. The molecule has 4 fully saturated rings. The van der Waals surface area contributed by atoms with Crippen molar-refractivity contribution in [2.45, 2.75) is 76.5 Å². The molecule has 2 saturated heterocycles. The van der Waals surface area contributed by atoms with Gasteiger partial charge in [0.1, 0.15) is 0 Å². The van der Waals surface area contributed by atoms with Gasteiger partial charge >= 0.3 is 0 Å². The number of piperidine rings is 1. The minimum absolute atomic E-state index is 0. The van der Waals surface area contributed by atoms with E-state index in [-0.39, 0.29) is 24.0 Å². The summed E-state index contributed by atoms with van der Waals surface area (Å²) >= 11 is 0. The Morgan fingerprint density at radius 1 is 1.15 bits per heavy atom. The second-order valence-corrected chi connectivity index (χ2v) is 8.64. The van der Waals surface area contributed by atoms with E-state index in [0.29, 0.717) is 29.5 Å². The Bertz CT molecular complexity index is 486. The highest BCUT2D eigenvalue weighted by molar-refractivity contribution is 14.0. The smallest absolute Gasteiger partial charge is 0.191 e. The van der Waals surface area contributed by atoms with Gasteiger partial charge < -0.3 is 20.3 Å². The summed E-state index contributed by atoms with van der Waals surface area (Å²) in [5.41, 5.74) is 0.392. The first-order valence-electron chi connectivity index (χ1n) is 10.6. The fourth-order valence-corrected chi connectivity index (χ4v) is 6.03. The second kappa shape index (κ2) is 8.95. The van der Waals surface area contributed by atoms with E-state index in [9.17, 15) is 0 Å². The summed E-state index contributed by atoms with van der Waals surface area (Å²) in [6, 6.07) is 1.13. The summed E-state index contributed by atoms with van der Waals surface area (Å²) in [6.45, 7) is 6.90. The summed E-state index contributed by atoms with van der Waals surface area (Å²) < 4.78 is 6.11. The lowest BCUT2D eigenvalue weighted by Crippen LogP contribution is -2.69. The van der Waals surface area contributed by atoms with Gasteiger partial charge in [-0.15, -0.1) is 24.0 Å². The van der Waals surface area contributed by atoms with Crippen molar-refractivity contribution in [2.75, 3.05) is 33.3 Å². The van der Waals surface area contributed by atoms with Crippen molar-refractivity contribution in [1.29, 1.82) is 0 Å². The Morgan fingerprint density at radius 3 is 2.54 bits per heavy atom. The SMILES string of the molecule is CCCN1CCC(NC(=NC)NC2C3CCOC3C23CCCC3)CC1.I. The molecule has 1 spiro atoms. The lowest BCUT2D eigenvalue weighted by molar-refractivity contribution is -0.125. The molecule has 0 bridgehead atoms. The molecular weight excluding hydrogens is 439 g/mol. The monoisotopic (exact) mass is 476 g/mol. The molecule has 5 nitrogen and oxygen atoms in total. The third kappa shape index (κ3) is 3.75. The van der Waals surface area contributed by atoms with Crippen LogP contribution in [0.2, 0.25) is 0 Å². The first-order valence-corrected chi connectivity index (χ1v) is 10.6. The number of nitrogens with zero attached hydrogens (tertiary/aromatic N) is 2. The molecule has 6 heteroatoms. The summed E-state index contributed by atoms with van der Waals surface area (Å²) in [6.07, 6.45) is 10.8. The number of hydrogen-bond acceptors (Lipinski definition) is 3. The van der Waals surface area contributed by atoms with Crippen molar-refractivity contribution in [3.8, 4) is 0 Å². The maximum atomic E-state index is 6.11. The molecule has 2 heterocycles. The Hall–Kier alpha value is -0.0800. The summed E-state index contributed by atoms with van der Waals surface area (Å²) in [4.78, 5) is 7.16. The number of ether oxygens (including phenoxy) is 1. The van der Waals surface area contributed by atoms with E-state index in [2.05, 4.69) is 27.4 Å². The van der Waals surface area contributed by atoms with Gasteiger partial charge in [0.25, 0.3) is 0 Å². The summed E-state index contributed by atoms with van der Waals surface area (Å²) in [7, 11) is 1.92. The number of halogens is 1. The predicted molar refractivity (Wildman–Crippen MR) is 117 cm³/mol. The zero-order valence-electron chi connectivity index (χ0n) is 16.5. The van der Waals surface area contributed by atoms with Gasteiger partial charge in [-0.05, 0) is 45.1 Å². The minimum Gasteiger partial charge on any atom is -0.377 e. The molecule has 2 N–H and O–H groups in total. The van der Waals surface area contributed by atoms with Crippen molar-refractivity contribution >= 4 is 29.9 Å². The normalized spacial score (nSPS) is 34.2. The van der Waals surface area contributed by atoms with E-state index < -0.39 is 0 Å². The molecule has 0 aromatic carbocycles. The Labute approximate surface area is 176 Å². The lowest BCUT2D eigenvalue weighted by atomic mass is 9.54. The van der Waals surface area contributed by atoms with Crippen molar-refractivity contribution < 1.29 is 4.74 Å². The van der Waals surface area contributed by atoms with Crippen molar-refractivity contribution in [3.05, 3.63) is 0 Å². The van der Waals surface area contributed by atoms with Crippen LogP contribution in [0.15, 0.2) is 4.99 Å². The van der Waals surface area contributed by atoms with Crippen LogP contribution in [-0.2, 0) is 4.74 Å². The zero-order chi connectivity index (χ0) is 17.3. The Morgan fingerprint density at radius 2 is 1.88 bits per heavy atom. The average Bonchev–Trinajstić information content (AvgIpc) is 3.29. The number of nitrogens with one attached hydrogen (secondary N) is 2. The van der Waals surface area contributed by atoms with Gasteiger partial charge in [0.05, 0.1) is 6.10 Å². The molecule has 3 atom stereocenters. The largest absolute Gasteiger partial charge is 0.377 e. The molecule has 150 valence electrons. The number of hydrogen-bond donors (Lipinski definition) is 2. The van der Waals surface area contributed by atoms with Crippen LogP contribution in [0.25, 0.3) is 0 Å². The number of likely N-dealkylation sites (tertiary alicyclic amines) is 1. The van der Waals surface area contributed by atoms with E-state index in [1.807, 2.05) is 7.05 Å². The maximum Gasteiger partial charge on any atom is 0.191 e. The van der Waals surface area contributed by atoms with Gasteiger partial charge in [-0.1, -0.05) is 19.8 Å². The van der Waals surface area contributed by atoms with Gasteiger partial charge in [-0.2, -0.15) is 0 Å². The van der Waals surface area contributed by atoms with E-state index >= 15 is 0 Å². The molecule has 3 unspecified atom stereocenters. The van der Waals surface area contributed by atoms with E-state index in [1.54, 1.807) is 0 Å². The van der Waals surface area contributed by atoms with Crippen LogP contribution in [0.1, 0.15) is 58.3 Å². The van der Waals surface area contributed by atoms with Crippen LogP contribution in [0.3, 0.4) is 0 Å². The molecule has 2 aliphatic carbocycles. The third-order valence-electron chi connectivity index (χ3n) is 7.27. The quantitative estimate of drug-likeness (QED) is 0.372. The van der Waals surface area contributed by atoms with Crippen molar-refractivity contribution in [2.24, 2.45) is 16.3 Å². The lowest BCUT2D eigenvalue weighted by Gasteiger charge is -2.57. The highest BCUT2D eigenvalue weighted by atomic mass is 127. The molecule has 4 rings (SSSR count). The highest BCUT2D eigenvalue weighted by Gasteiger charge is 2.65. The van der Waals surface area contributed by atoms with E-state index in [4.69, 9.17) is 4.74 Å². The zero-order valence-corrected chi connectivity index (χ0v) is 18.8. The van der Waals surface area contributed by atoms with Crippen LogP contribution < -0.4 is 10.6 Å². The van der Waals surface area contributed by atoms with E-state index in [1.165, 1.54) is 71.0 Å². The van der Waals surface area contributed by atoms with Crippen LogP contribution in [-0.4, -0.2) is 62.3 Å². The number of rotatable bonds is 4. The van der Waals surface area contributed by atoms with Gasteiger partial charge in [0.15, 0.2) is 5.96 Å². The number of fused-ring (bicyclic) bond motifs is 2. The Kier molecular flexibility index (Phi) is 7.11. The fraction of sp³-hybridized carbons (Fsp3) is 0.950. The van der Waals surface area contributed by atoms with Crippen LogP contribution in [0.5, 0.6) is 0 Å². The van der Waals surface area contributed by atoms with E-state index in [0.717, 1.165) is 12.6 Å². The molecule has 2 aliphatic heterocycles. The highest BCUT2D eigenvalue weighted by Crippen LogP contribution is 2.60. The molecule has 2 saturated carbocycles. The topological polar surface area (TPSA) is 48.9 Å². The van der Waals surface area contributed by atoms with Crippen molar-refractivity contribution in [1.82, 2.24) is 15.5 Å². The van der Waals surface area contributed by atoms with Gasteiger partial charge in [-0.25, -0.2) is 0 Å². The molecule has 26 heavy (non-hydrogen) atoms. The molecule has 0 aromatic rings. The third-order valence-corrected chi connectivity index (χ3v) is 7.27. The Balaban J connectivity index is 0.00000196. The molecular formula is C20H37IN4O. The van der Waals surface area contributed by atoms with Crippen molar-refractivity contribution in [3.63, 3.8) is 0 Å².